The number of amides is 1. The predicted molar refractivity (Wildman–Crippen MR) is 115 cm³/mol. The van der Waals surface area contributed by atoms with Gasteiger partial charge in [0.2, 0.25) is 0 Å². The van der Waals surface area contributed by atoms with Crippen molar-refractivity contribution in [1.82, 2.24) is 4.90 Å². The Morgan fingerprint density at radius 2 is 1.76 bits per heavy atom. The Bertz CT molecular complexity index is 838. The van der Waals surface area contributed by atoms with Crippen LogP contribution in [0.15, 0.2) is 42.5 Å². The molecule has 1 atom stereocenters. The molecule has 1 N–H and O–H groups in total. The average Bonchev–Trinajstić information content (AvgIpc) is 2.73. The van der Waals surface area contributed by atoms with Crippen LogP contribution in [0.5, 0.6) is 11.5 Å². The van der Waals surface area contributed by atoms with E-state index >= 15 is 0 Å². The van der Waals surface area contributed by atoms with E-state index in [9.17, 15) is 4.79 Å². The molecule has 0 saturated carbocycles. The van der Waals surface area contributed by atoms with E-state index in [1.165, 1.54) is 0 Å². The Kier molecular flexibility index (Phi) is 7.23. The van der Waals surface area contributed by atoms with Crippen LogP contribution in [0, 0.1) is 0 Å². The quantitative estimate of drug-likeness (QED) is 0.743. The van der Waals surface area contributed by atoms with Crippen LogP contribution in [-0.4, -0.2) is 64.8 Å². The summed E-state index contributed by atoms with van der Waals surface area (Å²) in [6, 6.07) is 13.8. The van der Waals surface area contributed by atoms with Gasteiger partial charge in [0.05, 0.1) is 21.3 Å². The fourth-order valence-electron chi connectivity index (χ4n) is 3.66. The Morgan fingerprint density at radius 3 is 2.41 bits per heavy atom. The molecule has 1 aliphatic heterocycles. The second-order valence-corrected chi connectivity index (χ2v) is 7.78. The van der Waals surface area contributed by atoms with E-state index in [1.807, 2.05) is 48.3 Å². The molecule has 1 unspecified atom stereocenters. The number of rotatable bonds is 7. The average molecular weight is 419 g/mol. The number of methoxy groups -OCH3 is 2. The minimum Gasteiger partial charge on any atom is -0.493 e. The van der Waals surface area contributed by atoms with Gasteiger partial charge in [-0.05, 0) is 36.4 Å². The zero-order chi connectivity index (χ0) is 20.8. The fraction of sp³-hybridized carbons (Fsp3) is 0.409. The number of hydrogen-bond acceptors (Lipinski definition) is 4. The van der Waals surface area contributed by atoms with Crippen molar-refractivity contribution in [2.45, 2.75) is 6.54 Å². The summed E-state index contributed by atoms with van der Waals surface area (Å²) in [5, 5.41) is 0.737. The monoisotopic (exact) mass is 418 g/mol. The minimum absolute atomic E-state index is 0.189. The molecule has 0 aliphatic carbocycles. The second kappa shape index (κ2) is 9.85. The van der Waals surface area contributed by atoms with Crippen LogP contribution < -0.4 is 19.3 Å². The summed E-state index contributed by atoms with van der Waals surface area (Å²) in [5.74, 6) is 1.61. The molecular formula is C22H29ClN3O3+. The van der Waals surface area contributed by atoms with Gasteiger partial charge >= 0.3 is 0 Å². The Hall–Kier alpha value is -2.44. The summed E-state index contributed by atoms with van der Waals surface area (Å²) in [4.78, 5) is 18.1. The van der Waals surface area contributed by atoms with Crippen molar-refractivity contribution in [1.29, 1.82) is 0 Å². The van der Waals surface area contributed by atoms with Crippen molar-refractivity contribution in [3.8, 4) is 11.5 Å². The van der Waals surface area contributed by atoms with Crippen LogP contribution in [0.3, 0.4) is 0 Å². The number of carbonyl (C=O) groups is 1. The number of hydrogen-bond donors (Lipinski definition) is 1. The van der Waals surface area contributed by atoms with E-state index in [1.54, 1.807) is 14.2 Å². The molecule has 1 saturated heterocycles. The van der Waals surface area contributed by atoms with Crippen LogP contribution in [0.25, 0.3) is 0 Å². The number of ether oxygens (including phenoxy) is 2. The molecule has 1 fully saturated rings. The van der Waals surface area contributed by atoms with E-state index in [0.717, 1.165) is 53.9 Å². The summed E-state index contributed by atoms with van der Waals surface area (Å²) in [6.07, 6.45) is 0. The number of carbonyl (C=O) groups excluding carboxylic acids is 1. The molecule has 3 rings (SSSR count). The molecule has 29 heavy (non-hydrogen) atoms. The largest absolute Gasteiger partial charge is 0.493 e. The molecule has 156 valence electrons. The highest BCUT2D eigenvalue weighted by Crippen LogP contribution is 2.27. The van der Waals surface area contributed by atoms with Crippen molar-refractivity contribution in [3.63, 3.8) is 0 Å². The van der Waals surface area contributed by atoms with Gasteiger partial charge < -0.3 is 24.2 Å². The molecule has 1 heterocycles. The lowest BCUT2D eigenvalue weighted by molar-refractivity contribution is -0.885. The smallest absolute Gasteiger partial charge is 0.277 e. The van der Waals surface area contributed by atoms with Gasteiger partial charge in [0.25, 0.3) is 5.91 Å². The fourth-order valence-corrected chi connectivity index (χ4v) is 3.84. The highest BCUT2D eigenvalue weighted by Gasteiger charge is 2.23. The molecule has 6 nitrogen and oxygen atoms in total. The highest BCUT2D eigenvalue weighted by molar-refractivity contribution is 6.30. The van der Waals surface area contributed by atoms with Crippen LogP contribution >= 0.6 is 11.6 Å². The Balaban J connectivity index is 1.50. The SMILES string of the molecule is COc1ccc(C[NH+](C)CC(=O)N2CCN(c3cccc(Cl)c3)CC2)cc1OC. The number of nitrogens with zero attached hydrogens (tertiary/aromatic N) is 2. The van der Waals surface area contributed by atoms with Crippen molar-refractivity contribution < 1.29 is 19.2 Å². The second-order valence-electron chi connectivity index (χ2n) is 7.35. The van der Waals surface area contributed by atoms with Crippen LogP contribution in [0.1, 0.15) is 5.56 Å². The van der Waals surface area contributed by atoms with E-state index in [4.69, 9.17) is 21.1 Å². The van der Waals surface area contributed by atoms with Gasteiger partial charge in [0.15, 0.2) is 18.0 Å². The molecule has 2 aromatic rings. The highest BCUT2D eigenvalue weighted by atomic mass is 35.5. The number of nitrogens with one attached hydrogen (secondary N) is 1. The van der Waals surface area contributed by atoms with Crippen molar-refractivity contribution >= 4 is 23.2 Å². The molecule has 0 bridgehead atoms. The van der Waals surface area contributed by atoms with Crippen LogP contribution in [0.2, 0.25) is 5.02 Å². The molecule has 0 radical (unpaired) electrons. The third-order valence-electron chi connectivity index (χ3n) is 5.21. The van der Waals surface area contributed by atoms with Crippen LogP contribution in [-0.2, 0) is 11.3 Å². The first-order valence-electron chi connectivity index (χ1n) is 9.80. The number of anilines is 1. The van der Waals surface area contributed by atoms with Crippen molar-refractivity contribution in [2.24, 2.45) is 0 Å². The zero-order valence-corrected chi connectivity index (χ0v) is 18.0. The zero-order valence-electron chi connectivity index (χ0n) is 17.3. The van der Waals surface area contributed by atoms with Gasteiger partial charge in [0, 0.05) is 42.5 Å². The summed E-state index contributed by atoms with van der Waals surface area (Å²) < 4.78 is 10.6. The Labute approximate surface area is 177 Å². The molecule has 0 aromatic heterocycles. The maximum atomic E-state index is 12.7. The van der Waals surface area contributed by atoms with E-state index in [2.05, 4.69) is 11.0 Å². The number of quaternary nitrogens is 1. The summed E-state index contributed by atoms with van der Waals surface area (Å²) in [6.45, 7) is 4.31. The van der Waals surface area contributed by atoms with Gasteiger partial charge in [-0.2, -0.15) is 0 Å². The lowest BCUT2D eigenvalue weighted by atomic mass is 10.2. The summed E-state index contributed by atoms with van der Waals surface area (Å²) in [5.41, 5.74) is 2.22. The topological polar surface area (TPSA) is 46.5 Å². The van der Waals surface area contributed by atoms with Crippen LogP contribution in [0.4, 0.5) is 5.69 Å². The van der Waals surface area contributed by atoms with Gasteiger partial charge in [-0.25, -0.2) is 0 Å². The third-order valence-corrected chi connectivity index (χ3v) is 5.45. The summed E-state index contributed by atoms with van der Waals surface area (Å²) >= 11 is 6.09. The first-order chi connectivity index (χ1) is 14.0. The number of piperazine rings is 1. The molecular weight excluding hydrogens is 390 g/mol. The molecule has 0 spiro atoms. The minimum atomic E-state index is 0.189. The molecule has 1 aliphatic rings. The van der Waals surface area contributed by atoms with E-state index in [0.29, 0.717) is 18.0 Å². The maximum absolute atomic E-state index is 12.7. The van der Waals surface area contributed by atoms with Crippen molar-refractivity contribution in [2.75, 3.05) is 58.9 Å². The van der Waals surface area contributed by atoms with E-state index in [-0.39, 0.29) is 5.91 Å². The first-order valence-corrected chi connectivity index (χ1v) is 10.2. The number of benzene rings is 2. The summed E-state index contributed by atoms with van der Waals surface area (Å²) in [7, 11) is 5.29. The van der Waals surface area contributed by atoms with Gasteiger partial charge in [0.1, 0.15) is 6.54 Å². The normalized spacial score (nSPS) is 15.2. The molecule has 1 amide bonds. The first kappa shape index (κ1) is 21.3. The maximum Gasteiger partial charge on any atom is 0.277 e. The van der Waals surface area contributed by atoms with Gasteiger partial charge in [-0.1, -0.05) is 17.7 Å². The van der Waals surface area contributed by atoms with Crippen molar-refractivity contribution in [3.05, 3.63) is 53.1 Å². The van der Waals surface area contributed by atoms with E-state index < -0.39 is 0 Å². The number of likely N-dealkylation sites (N-methyl/N-ethyl adjacent to an activating group) is 1. The van der Waals surface area contributed by atoms with Gasteiger partial charge in [-0.3, -0.25) is 4.79 Å². The lowest BCUT2D eigenvalue weighted by Gasteiger charge is -2.36. The standard InChI is InChI=1S/C22H28ClN3O3/c1-24(15-17-7-8-20(28-2)21(13-17)29-3)16-22(27)26-11-9-25(10-12-26)19-6-4-5-18(23)14-19/h4-8,13-14H,9-12,15-16H2,1-3H3/p+1. The predicted octanol–water partition coefficient (Wildman–Crippen LogP) is 1.72. The van der Waals surface area contributed by atoms with Gasteiger partial charge in [-0.15, -0.1) is 0 Å². The lowest BCUT2D eigenvalue weighted by Crippen LogP contribution is -3.09. The third kappa shape index (κ3) is 5.55. The Morgan fingerprint density at radius 1 is 1.03 bits per heavy atom. The molecule has 7 heteroatoms. The molecule has 2 aromatic carbocycles. The number of halogens is 1.